The standard InChI is InChI=1S/C50H76N16O15S4/c1-25(57-48(78)37-11-7-13-66(37)49(79)32(16-38(53)68)61-47(77)35(22-84)64-41(71)28(52)20-82)40(70)63-34(21-83)42(72)55-18-39(69)58-29(10-5-6-12-51)43(73)60-31(15-27-17-54-24-56-27)45(75)59-30(14-26-8-3-2-4-9-26)44(74)62-33(19-67)46(76)65-36(23-85)50(80)81/h2-4,8-9,17,24-25,28-37,67,82-85H,5-7,10-16,18-23,51-52H2,1H3,(H2,53,68)(H,54,56)(H,55,72)(H,57,78)(H,58,69)(H,59,75)(H,60,73)(H,61,77)(H,62,74)(H,63,70)(H,64,71)(H,65,76)(H,80,81)/t25-,28-,29-,30-,31-,32-,33-,34-,35-,36-,37-/m0/s1. The van der Waals surface area contributed by atoms with Crippen LogP contribution in [0.2, 0.25) is 0 Å². The Hall–Kier alpha value is -7.18. The number of aromatic nitrogens is 2. The van der Waals surface area contributed by atoms with Gasteiger partial charge in [-0.25, -0.2) is 9.78 Å². The van der Waals surface area contributed by atoms with Crippen molar-refractivity contribution in [2.45, 2.75) is 125 Å². The van der Waals surface area contributed by atoms with Crippen LogP contribution in [0.3, 0.4) is 0 Å². The number of carboxylic acids is 1. The van der Waals surface area contributed by atoms with Gasteiger partial charge in [0.2, 0.25) is 70.9 Å². The smallest absolute Gasteiger partial charge is 0.327 e. The minimum absolute atomic E-state index is 0.0121. The van der Waals surface area contributed by atoms with Gasteiger partial charge >= 0.3 is 5.97 Å². The Balaban J connectivity index is 1.71. The van der Waals surface area contributed by atoms with E-state index in [2.05, 4.69) is 114 Å². The summed E-state index contributed by atoms with van der Waals surface area (Å²) in [5.74, 6) is -13.0. The summed E-state index contributed by atoms with van der Waals surface area (Å²) in [6.45, 7) is -0.179. The molecule has 1 saturated heterocycles. The fourth-order valence-corrected chi connectivity index (χ4v) is 9.18. The predicted molar refractivity (Wildman–Crippen MR) is 318 cm³/mol. The molecule has 0 saturated carbocycles. The van der Waals surface area contributed by atoms with E-state index in [-0.39, 0.29) is 61.8 Å². The van der Waals surface area contributed by atoms with Gasteiger partial charge in [-0.15, -0.1) is 0 Å². The van der Waals surface area contributed by atoms with E-state index in [0.717, 1.165) is 4.90 Å². The number of carboxylic acid groups (broad SMARTS) is 1. The molecule has 19 N–H and O–H groups in total. The van der Waals surface area contributed by atoms with Gasteiger partial charge in [0.1, 0.15) is 60.4 Å². The van der Waals surface area contributed by atoms with E-state index in [1.807, 2.05) is 0 Å². The number of aliphatic carboxylic acids is 1. The SMILES string of the molecule is C[C@H](NC(=O)[C@@H]1CCCN1C(=O)[C@H](CC(N)=O)NC(=O)[C@H](CS)NC(=O)[C@@H](N)CS)C(=O)N[C@@H](CS)C(=O)NCC(=O)N[C@@H](CCCCN)C(=O)N[C@@H](Cc1cnc[nH]1)C(=O)N[C@@H](Cc1ccccc1)C(=O)N[C@@H](CO)C(=O)N[C@@H](CS)C(=O)O. The third-order valence-corrected chi connectivity index (χ3v) is 14.4. The molecule has 0 aliphatic carbocycles. The first-order valence-corrected chi connectivity index (χ1v) is 29.3. The number of aliphatic hydroxyl groups excluding tert-OH is 1. The lowest BCUT2D eigenvalue weighted by molar-refractivity contribution is -0.143. The number of hydrogen-bond acceptors (Lipinski definition) is 21. The average molecular weight is 1270 g/mol. The molecule has 85 heavy (non-hydrogen) atoms. The number of rotatable bonds is 37. The number of thiol groups is 4. The number of carbonyl (C=O) groups is 13. The van der Waals surface area contributed by atoms with Crippen LogP contribution < -0.4 is 70.4 Å². The highest BCUT2D eigenvalue weighted by molar-refractivity contribution is 7.80. The van der Waals surface area contributed by atoms with Crippen molar-refractivity contribution >= 4 is 127 Å². The molecular weight excluding hydrogens is 1190 g/mol. The lowest BCUT2D eigenvalue weighted by Crippen LogP contribution is -2.60. The number of nitrogens with one attached hydrogen (secondary N) is 11. The number of benzene rings is 1. The van der Waals surface area contributed by atoms with Crippen molar-refractivity contribution in [3.8, 4) is 0 Å². The van der Waals surface area contributed by atoms with E-state index in [4.69, 9.17) is 17.2 Å². The molecule has 0 unspecified atom stereocenters. The first-order chi connectivity index (χ1) is 40.4. The number of amides is 12. The molecule has 1 fully saturated rings. The molecule has 35 heteroatoms. The quantitative estimate of drug-likeness (QED) is 0.0221. The maximum Gasteiger partial charge on any atom is 0.327 e. The molecule has 0 radical (unpaired) electrons. The van der Waals surface area contributed by atoms with Crippen LogP contribution in [0.15, 0.2) is 42.9 Å². The maximum absolute atomic E-state index is 14.2. The number of H-pyrrole nitrogens is 1. The fourth-order valence-electron chi connectivity index (χ4n) is 8.25. The van der Waals surface area contributed by atoms with Crippen LogP contribution in [0, 0.1) is 0 Å². The van der Waals surface area contributed by atoms with Gasteiger partial charge in [0, 0.05) is 54.3 Å². The van der Waals surface area contributed by atoms with Crippen LogP contribution in [-0.2, 0) is 75.2 Å². The summed E-state index contributed by atoms with van der Waals surface area (Å²) < 4.78 is 0. The van der Waals surface area contributed by atoms with Crippen LogP contribution >= 0.6 is 50.5 Å². The van der Waals surface area contributed by atoms with Crippen molar-refractivity contribution in [1.82, 2.24) is 68.0 Å². The highest BCUT2D eigenvalue weighted by atomic mass is 32.1. The van der Waals surface area contributed by atoms with Gasteiger partial charge in [-0.05, 0) is 51.1 Å². The van der Waals surface area contributed by atoms with Gasteiger partial charge in [0.05, 0.1) is 31.9 Å². The van der Waals surface area contributed by atoms with E-state index in [9.17, 15) is 72.5 Å². The highest BCUT2D eigenvalue weighted by Gasteiger charge is 2.40. The monoisotopic (exact) mass is 1270 g/mol. The van der Waals surface area contributed by atoms with Crippen LogP contribution in [0.1, 0.15) is 56.7 Å². The minimum atomic E-state index is -1.66. The maximum atomic E-state index is 14.2. The molecule has 470 valence electrons. The van der Waals surface area contributed by atoms with Gasteiger partial charge in [0.25, 0.3) is 0 Å². The molecule has 1 aliphatic heterocycles. The third kappa shape index (κ3) is 24.0. The summed E-state index contributed by atoms with van der Waals surface area (Å²) in [6.07, 6.45) is 2.75. The van der Waals surface area contributed by atoms with Gasteiger partial charge in [-0.2, -0.15) is 50.5 Å². The van der Waals surface area contributed by atoms with Crippen molar-refractivity contribution < 1.29 is 72.5 Å². The summed E-state index contributed by atoms with van der Waals surface area (Å²) in [7, 11) is 0. The van der Waals surface area contributed by atoms with Crippen molar-refractivity contribution in [3.05, 3.63) is 54.1 Å². The van der Waals surface area contributed by atoms with E-state index in [1.165, 1.54) is 19.4 Å². The summed E-state index contributed by atoms with van der Waals surface area (Å²) in [6, 6.07) is -6.85. The Morgan fingerprint density at radius 1 is 0.659 bits per heavy atom. The molecule has 31 nitrogen and oxygen atoms in total. The average Bonchev–Trinajstić information content (AvgIpc) is 3.94. The second-order valence-corrected chi connectivity index (χ2v) is 20.9. The van der Waals surface area contributed by atoms with E-state index in [1.54, 1.807) is 30.3 Å². The first kappa shape index (κ1) is 72.1. The molecule has 2 heterocycles. The van der Waals surface area contributed by atoms with Crippen molar-refractivity contribution in [1.29, 1.82) is 0 Å². The van der Waals surface area contributed by atoms with Crippen molar-refractivity contribution in [2.24, 2.45) is 17.2 Å². The number of nitrogens with zero attached hydrogens (tertiary/aromatic N) is 2. The number of carbonyl (C=O) groups excluding carboxylic acids is 12. The summed E-state index contributed by atoms with van der Waals surface area (Å²) in [5.41, 5.74) is 17.7. The van der Waals surface area contributed by atoms with E-state index >= 15 is 0 Å². The van der Waals surface area contributed by atoms with Gasteiger partial charge < -0.3 is 90.5 Å². The molecule has 3 rings (SSSR count). The van der Waals surface area contributed by atoms with Gasteiger partial charge in [-0.1, -0.05) is 30.3 Å². The molecule has 1 aliphatic rings. The second kappa shape index (κ2) is 37.3. The molecular formula is C50H76N16O15S4. The summed E-state index contributed by atoms with van der Waals surface area (Å²) in [4.78, 5) is 180. The number of primary amides is 1. The third-order valence-electron chi connectivity index (χ3n) is 12.9. The number of nitrogens with two attached hydrogens (primary N) is 3. The normalized spacial score (nSPS) is 16.3. The molecule has 2 aromatic rings. The number of likely N-dealkylation sites (tertiary alicyclic amines) is 1. The number of imidazole rings is 1. The Morgan fingerprint density at radius 3 is 1.76 bits per heavy atom. The van der Waals surface area contributed by atoms with Crippen LogP contribution in [0.5, 0.6) is 0 Å². The molecule has 11 atom stereocenters. The minimum Gasteiger partial charge on any atom is -0.480 e. The van der Waals surface area contributed by atoms with Crippen LogP contribution in [-0.4, -0.2) is 218 Å². The lowest BCUT2D eigenvalue weighted by atomic mass is 10.0. The highest BCUT2D eigenvalue weighted by Crippen LogP contribution is 2.20. The zero-order chi connectivity index (χ0) is 63.3. The van der Waals surface area contributed by atoms with Crippen molar-refractivity contribution in [2.75, 3.05) is 49.3 Å². The lowest BCUT2D eigenvalue weighted by Gasteiger charge is -2.30. The summed E-state index contributed by atoms with van der Waals surface area (Å²) >= 11 is 16.1. The Bertz CT molecular complexity index is 2630. The number of aliphatic hydroxyl groups is 1. The predicted octanol–water partition coefficient (Wildman–Crippen LogP) is -7.19. The summed E-state index contributed by atoms with van der Waals surface area (Å²) in [5, 5.41) is 43.7. The number of aromatic amines is 1. The van der Waals surface area contributed by atoms with E-state index < -0.39 is 163 Å². The van der Waals surface area contributed by atoms with Crippen LogP contribution in [0.25, 0.3) is 0 Å². The zero-order valence-corrected chi connectivity index (χ0v) is 49.9. The van der Waals surface area contributed by atoms with Crippen molar-refractivity contribution in [3.63, 3.8) is 0 Å². The van der Waals surface area contributed by atoms with Crippen LogP contribution in [0.4, 0.5) is 0 Å². The van der Waals surface area contributed by atoms with Gasteiger partial charge in [-0.3, -0.25) is 57.5 Å². The van der Waals surface area contributed by atoms with E-state index in [0.29, 0.717) is 30.5 Å². The topological polar surface area (TPSA) is 493 Å². The molecule has 1 aromatic carbocycles. The molecule has 1 aromatic heterocycles. The first-order valence-electron chi connectivity index (χ1n) is 26.7. The number of unbranched alkanes of at least 4 members (excludes halogenated alkanes) is 1. The Labute approximate surface area is 510 Å². The Morgan fingerprint density at radius 2 is 1.20 bits per heavy atom. The number of hydrogen-bond donors (Lipinski definition) is 20. The Kier molecular flexibility index (Phi) is 31.6. The fraction of sp³-hybridized carbons (Fsp3) is 0.560. The molecule has 0 spiro atoms. The molecule has 0 bridgehead atoms. The zero-order valence-electron chi connectivity index (χ0n) is 46.3. The molecule has 12 amide bonds. The van der Waals surface area contributed by atoms with Gasteiger partial charge in [0.15, 0.2) is 0 Å². The second-order valence-electron chi connectivity index (χ2n) is 19.5. The largest absolute Gasteiger partial charge is 0.480 e.